The van der Waals surface area contributed by atoms with Crippen LogP contribution in [0.5, 0.6) is 0 Å². The summed E-state index contributed by atoms with van der Waals surface area (Å²) in [6.07, 6.45) is -0.351. The molecule has 124 valence electrons. The molecule has 1 aromatic rings. The van der Waals surface area contributed by atoms with Gasteiger partial charge in [-0.25, -0.2) is 8.78 Å². The Morgan fingerprint density at radius 1 is 1.13 bits per heavy atom. The van der Waals surface area contributed by atoms with Gasteiger partial charge in [0.25, 0.3) is 0 Å². The number of hydrogen-bond donors (Lipinski definition) is 1. The van der Waals surface area contributed by atoms with Crippen molar-refractivity contribution in [3.05, 3.63) is 35.4 Å². The van der Waals surface area contributed by atoms with E-state index in [4.69, 9.17) is 0 Å². The Kier molecular flexibility index (Phi) is 4.48. The molecule has 0 bridgehead atoms. The number of carbonyl (C=O) groups excluding carboxylic acids is 3. The first-order chi connectivity index (χ1) is 10.5. The van der Waals surface area contributed by atoms with Crippen molar-refractivity contribution >= 4 is 17.3 Å². The van der Waals surface area contributed by atoms with E-state index < -0.39 is 52.3 Å². The predicted molar refractivity (Wildman–Crippen MR) is 77.7 cm³/mol. The van der Waals surface area contributed by atoms with E-state index in [1.165, 1.54) is 20.8 Å². The second-order valence-electron chi connectivity index (χ2n) is 6.41. The molecule has 0 aliphatic heterocycles. The second-order valence-corrected chi connectivity index (χ2v) is 6.41. The van der Waals surface area contributed by atoms with Crippen LogP contribution in [-0.4, -0.2) is 28.1 Å². The van der Waals surface area contributed by atoms with Gasteiger partial charge in [0.1, 0.15) is 29.0 Å². The third-order valence-corrected chi connectivity index (χ3v) is 4.41. The van der Waals surface area contributed by atoms with E-state index in [9.17, 15) is 28.3 Å². The van der Waals surface area contributed by atoms with Crippen LogP contribution in [0.15, 0.2) is 18.2 Å². The van der Waals surface area contributed by atoms with E-state index in [1.807, 2.05) is 0 Å². The molecular weight excluding hydrogens is 306 g/mol. The van der Waals surface area contributed by atoms with Gasteiger partial charge in [0.15, 0.2) is 0 Å². The summed E-state index contributed by atoms with van der Waals surface area (Å²) < 4.78 is 27.1. The van der Waals surface area contributed by atoms with Crippen molar-refractivity contribution in [2.75, 3.05) is 0 Å². The van der Waals surface area contributed by atoms with Crippen molar-refractivity contribution in [1.82, 2.24) is 0 Å². The Labute approximate surface area is 132 Å². The highest BCUT2D eigenvalue weighted by molar-refractivity contribution is 6.05. The van der Waals surface area contributed by atoms with Crippen molar-refractivity contribution in [3.63, 3.8) is 0 Å². The maximum absolute atomic E-state index is 13.6. The number of Topliss-reactive ketones (excluding diaryl/α,β-unsaturated/α-hetero) is 3. The van der Waals surface area contributed by atoms with Crippen LogP contribution >= 0.6 is 0 Å². The summed E-state index contributed by atoms with van der Waals surface area (Å²) in [4.78, 5) is 36.3. The lowest BCUT2D eigenvalue weighted by Gasteiger charge is -2.44. The normalized spacial score (nSPS) is 31.0. The monoisotopic (exact) mass is 324 g/mol. The fourth-order valence-electron chi connectivity index (χ4n) is 3.68. The summed E-state index contributed by atoms with van der Waals surface area (Å²) >= 11 is 0. The van der Waals surface area contributed by atoms with E-state index in [1.54, 1.807) is 0 Å². The highest BCUT2D eigenvalue weighted by atomic mass is 19.1. The number of ketones is 3. The van der Waals surface area contributed by atoms with Crippen molar-refractivity contribution in [3.8, 4) is 0 Å². The molecular formula is C17H18F2O4. The largest absolute Gasteiger partial charge is 0.389 e. The minimum Gasteiger partial charge on any atom is -0.389 e. The zero-order valence-electron chi connectivity index (χ0n) is 13.1. The molecule has 4 unspecified atom stereocenters. The summed E-state index contributed by atoms with van der Waals surface area (Å²) in [6, 6.07) is 2.65. The quantitative estimate of drug-likeness (QED) is 0.865. The fraction of sp³-hybridized carbons (Fsp3) is 0.471. The van der Waals surface area contributed by atoms with Crippen molar-refractivity contribution in [2.24, 2.45) is 11.8 Å². The number of carbonyl (C=O) groups is 3. The van der Waals surface area contributed by atoms with Gasteiger partial charge in [-0.05, 0) is 38.5 Å². The van der Waals surface area contributed by atoms with Crippen LogP contribution in [0.4, 0.5) is 8.78 Å². The number of benzene rings is 1. The van der Waals surface area contributed by atoms with E-state index in [0.717, 1.165) is 12.1 Å². The fourth-order valence-corrected chi connectivity index (χ4v) is 3.68. The minimum absolute atomic E-state index is 0.0243. The van der Waals surface area contributed by atoms with Crippen molar-refractivity contribution < 1.29 is 28.3 Å². The van der Waals surface area contributed by atoms with Crippen molar-refractivity contribution in [2.45, 2.75) is 38.7 Å². The van der Waals surface area contributed by atoms with Gasteiger partial charge in [-0.1, -0.05) is 0 Å². The maximum Gasteiger partial charge on any atom is 0.146 e. The van der Waals surface area contributed by atoms with Crippen LogP contribution in [0.25, 0.3) is 0 Å². The van der Waals surface area contributed by atoms with Gasteiger partial charge in [0, 0.05) is 18.4 Å². The molecule has 4 nitrogen and oxygen atoms in total. The highest BCUT2D eigenvalue weighted by Gasteiger charge is 2.53. The predicted octanol–water partition coefficient (Wildman–Crippen LogP) is 2.18. The molecule has 1 aromatic carbocycles. The average molecular weight is 324 g/mol. The molecule has 2 rings (SSSR count). The molecule has 0 amide bonds. The summed E-state index contributed by atoms with van der Waals surface area (Å²) in [6.45, 7) is 3.76. The van der Waals surface area contributed by atoms with E-state index in [2.05, 4.69) is 0 Å². The first-order valence-electron chi connectivity index (χ1n) is 7.26. The number of hydrogen-bond acceptors (Lipinski definition) is 4. The Morgan fingerprint density at radius 2 is 1.65 bits per heavy atom. The molecule has 0 heterocycles. The summed E-state index contributed by atoms with van der Waals surface area (Å²) in [7, 11) is 0. The topological polar surface area (TPSA) is 71.4 Å². The van der Waals surface area contributed by atoms with Crippen LogP contribution in [-0.2, 0) is 14.4 Å². The van der Waals surface area contributed by atoms with Crippen LogP contribution < -0.4 is 0 Å². The first-order valence-corrected chi connectivity index (χ1v) is 7.26. The van der Waals surface area contributed by atoms with Gasteiger partial charge in [0.05, 0.1) is 17.4 Å². The number of aliphatic hydroxyl groups is 1. The standard InChI is InChI=1S/C17H18F2O4/c1-8(20)14-13(22)7-17(3,23)16(9(2)21)15(14)10-4-11(18)6-12(19)5-10/h4-6,14-16,23H,7H2,1-3H3. The lowest BCUT2D eigenvalue weighted by Crippen LogP contribution is -2.54. The average Bonchev–Trinajstić information content (AvgIpc) is 2.33. The molecule has 1 aliphatic rings. The van der Waals surface area contributed by atoms with Gasteiger partial charge in [-0.15, -0.1) is 0 Å². The lowest BCUT2D eigenvalue weighted by atomic mass is 9.60. The molecule has 1 N–H and O–H groups in total. The Bertz CT molecular complexity index is 661. The lowest BCUT2D eigenvalue weighted by molar-refractivity contribution is -0.151. The first kappa shape index (κ1) is 17.4. The Morgan fingerprint density at radius 3 is 2.09 bits per heavy atom. The smallest absolute Gasteiger partial charge is 0.146 e. The SMILES string of the molecule is CC(=O)C1C(=O)CC(C)(O)C(C(C)=O)C1c1cc(F)cc(F)c1. The summed E-state index contributed by atoms with van der Waals surface area (Å²) in [5, 5.41) is 10.5. The molecule has 0 saturated heterocycles. The van der Waals surface area contributed by atoms with E-state index in [-0.39, 0.29) is 12.0 Å². The zero-order chi connectivity index (χ0) is 17.5. The Balaban J connectivity index is 2.69. The molecule has 1 aliphatic carbocycles. The highest BCUT2D eigenvalue weighted by Crippen LogP contribution is 2.46. The molecule has 0 aromatic heterocycles. The molecule has 0 radical (unpaired) electrons. The molecule has 6 heteroatoms. The third-order valence-electron chi connectivity index (χ3n) is 4.41. The number of halogens is 2. The molecule has 4 atom stereocenters. The van der Waals surface area contributed by atoms with Crippen LogP contribution in [0.3, 0.4) is 0 Å². The summed E-state index contributed by atoms with van der Waals surface area (Å²) in [5.41, 5.74) is -1.65. The number of rotatable bonds is 3. The third kappa shape index (κ3) is 3.22. The van der Waals surface area contributed by atoms with Gasteiger partial charge in [0.2, 0.25) is 0 Å². The van der Waals surface area contributed by atoms with E-state index >= 15 is 0 Å². The van der Waals surface area contributed by atoms with Gasteiger partial charge >= 0.3 is 0 Å². The second kappa shape index (κ2) is 5.92. The zero-order valence-corrected chi connectivity index (χ0v) is 13.1. The molecule has 1 fully saturated rings. The molecule has 23 heavy (non-hydrogen) atoms. The van der Waals surface area contributed by atoms with Crippen LogP contribution in [0.2, 0.25) is 0 Å². The van der Waals surface area contributed by atoms with Gasteiger partial charge < -0.3 is 5.11 Å². The van der Waals surface area contributed by atoms with Gasteiger partial charge in [-0.3, -0.25) is 14.4 Å². The minimum atomic E-state index is -1.68. The maximum atomic E-state index is 13.6. The molecule has 1 saturated carbocycles. The van der Waals surface area contributed by atoms with Crippen LogP contribution in [0.1, 0.15) is 38.7 Å². The van der Waals surface area contributed by atoms with E-state index in [0.29, 0.717) is 6.07 Å². The Hall–Kier alpha value is -1.95. The van der Waals surface area contributed by atoms with Crippen molar-refractivity contribution in [1.29, 1.82) is 0 Å². The summed E-state index contributed by atoms with van der Waals surface area (Å²) in [5.74, 6) is -6.61. The molecule has 0 spiro atoms. The van der Waals surface area contributed by atoms with Gasteiger partial charge in [-0.2, -0.15) is 0 Å². The van der Waals surface area contributed by atoms with Crippen LogP contribution in [0, 0.1) is 23.5 Å².